The van der Waals surface area contributed by atoms with E-state index < -0.39 is 6.10 Å². The lowest BCUT2D eigenvalue weighted by atomic mass is 9.88. The minimum Gasteiger partial charge on any atom is -0.487 e. The fourth-order valence-corrected chi connectivity index (χ4v) is 2.25. The lowest BCUT2D eigenvalue weighted by Crippen LogP contribution is -2.37. The molecule has 0 saturated heterocycles. The Labute approximate surface area is 98.4 Å². The van der Waals surface area contributed by atoms with Crippen LogP contribution in [-0.2, 0) is 0 Å². The van der Waals surface area contributed by atoms with Gasteiger partial charge in [0.05, 0.1) is 6.10 Å². The van der Waals surface area contributed by atoms with Crippen molar-refractivity contribution in [3.63, 3.8) is 0 Å². The summed E-state index contributed by atoms with van der Waals surface area (Å²) in [5, 5.41) is 10.0. The van der Waals surface area contributed by atoms with Crippen LogP contribution < -0.4 is 4.74 Å². The lowest BCUT2D eigenvalue weighted by Gasteiger charge is -2.37. The largest absolute Gasteiger partial charge is 0.487 e. The molecule has 2 atom stereocenters. The Balaban J connectivity index is 2.41. The van der Waals surface area contributed by atoms with Gasteiger partial charge < -0.3 is 9.84 Å². The van der Waals surface area contributed by atoms with Crippen molar-refractivity contribution in [1.82, 2.24) is 0 Å². The average Bonchev–Trinajstić information content (AvgIpc) is 2.16. The van der Waals surface area contributed by atoms with Gasteiger partial charge in [0.1, 0.15) is 11.4 Å². The van der Waals surface area contributed by atoms with Crippen LogP contribution in [0, 0.1) is 0 Å². The number of hydrogen-bond acceptors (Lipinski definition) is 2. The van der Waals surface area contributed by atoms with Crippen molar-refractivity contribution in [1.29, 1.82) is 0 Å². The van der Waals surface area contributed by atoms with Crippen LogP contribution in [0.1, 0.15) is 38.4 Å². The van der Waals surface area contributed by atoms with Crippen molar-refractivity contribution in [2.75, 3.05) is 0 Å². The number of aliphatic hydroxyl groups is 1. The number of aliphatic hydroxyl groups excluding tert-OH is 1. The molecule has 82 valence electrons. The number of rotatable bonds is 1. The van der Waals surface area contributed by atoms with Gasteiger partial charge in [0.15, 0.2) is 0 Å². The van der Waals surface area contributed by atoms with Crippen LogP contribution in [0.2, 0.25) is 0 Å². The van der Waals surface area contributed by atoms with Crippen LogP contribution in [-0.4, -0.2) is 10.7 Å². The summed E-state index contributed by atoms with van der Waals surface area (Å²) in [6, 6.07) is 5.77. The van der Waals surface area contributed by atoms with Crippen molar-refractivity contribution in [2.24, 2.45) is 0 Å². The van der Waals surface area contributed by atoms with E-state index in [0.29, 0.717) is 6.42 Å². The number of benzene rings is 1. The summed E-state index contributed by atoms with van der Waals surface area (Å²) in [6.45, 7) is 4.12. The molecule has 1 unspecified atom stereocenters. The van der Waals surface area contributed by atoms with Crippen LogP contribution in [0.4, 0.5) is 0 Å². The second kappa shape index (κ2) is 3.80. The second-order valence-electron chi connectivity index (χ2n) is 4.31. The molecule has 1 N–H and O–H groups in total. The van der Waals surface area contributed by atoms with Crippen LogP contribution in [0.3, 0.4) is 0 Å². The topological polar surface area (TPSA) is 29.5 Å². The van der Waals surface area contributed by atoms with Gasteiger partial charge in [0, 0.05) is 16.5 Å². The third kappa shape index (κ3) is 2.04. The fraction of sp³-hybridized carbons (Fsp3) is 0.500. The Bertz CT molecular complexity index is 378. The van der Waals surface area contributed by atoms with E-state index in [1.165, 1.54) is 0 Å². The van der Waals surface area contributed by atoms with Crippen LogP contribution >= 0.6 is 15.9 Å². The molecule has 0 aliphatic carbocycles. The summed E-state index contributed by atoms with van der Waals surface area (Å²) in [6.07, 6.45) is 1.15. The second-order valence-corrected chi connectivity index (χ2v) is 5.22. The predicted molar refractivity (Wildman–Crippen MR) is 63.0 cm³/mol. The van der Waals surface area contributed by atoms with E-state index in [1.807, 2.05) is 25.1 Å². The summed E-state index contributed by atoms with van der Waals surface area (Å²) < 4.78 is 6.91. The minimum atomic E-state index is -0.410. The van der Waals surface area contributed by atoms with Crippen LogP contribution in [0.5, 0.6) is 5.75 Å². The van der Waals surface area contributed by atoms with Crippen LogP contribution in [0.25, 0.3) is 0 Å². The molecular formula is C12H15BrO2. The van der Waals surface area contributed by atoms with Crippen molar-refractivity contribution < 1.29 is 9.84 Å². The molecule has 3 heteroatoms. The maximum atomic E-state index is 10.0. The summed E-state index contributed by atoms with van der Waals surface area (Å²) in [5.74, 6) is 0.799. The minimum absolute atomic E-state index is 0.243. The molecule has 1 aromatic rings. The van der Waals surface area contributed by atoms with E-state index >= 15 is 0 Å². The van der Waals surface area contributed by atoms with Gasteiger partial charge in [-0.3, -0.25) is 0 Å². The SMILES string of the molecule is CCC1(C)C[C@@H](O)c2ccc(Br)cc2O1. The highest BCUT2D eigenvalue weighted by Gasteiger charge is 2.34. The Morgan fingerprint density at radius 1 is 1.60 bits per heavy atom. The molecule has 15 heavy (non-hydrogen) atoms. The number of halogens is 1. The molecule has 1 aromatic carbocycles. The summed E-state index contributed by atoms with van der Waals surface area (Å²) in [7, 11) is 0. The van der Waals surface area contributed by atoms with Crippen LogP contribution in [0.15, 0.2) is 22.7 Å². The van der Waals surface area contributed by atoms with Crippen molar-refractivity contribution in [3.05, 3.63) is 28.2 Å². The van der Waals surface area contributed by atoms with E-state index in [1.54, 1.807) is 0 Å². The molecule has 0 fully saturated rings. The molecule has 0 amide bonds. The van der Waals surface area contributed by atoms with Gasteiger partial charge in [-0.2, -0.15) is 0 Å². The normalized spacial score (nSPS) is 29.5. The molecule has 0 bridgehead atoms. The standard InChI is InChI=1S/C12H15BrO2/c1-3-12(2)7-10(14)9-5-4-8(13)6-11(9)15-12/h4-6,10,14H,3,7H2,1-2H3/t10-,12?/m1/s1. The van der Waals surface area contributed by atoms with Gasteiger partial charge >= 0.3 is 0 Å². The van der Waals surface area contributed by atoms with Crippen molar-refractivity contribution in [2.45, 2.75) is 38.4 Å². The number of fused-ring (bicyclic) bond motifs is 1. The zero-order valence-electron chi connectivity index (χ0n) is 8.96. The van der Waals surface area contributed by atoms with Crippen molar-refractivity contribution in [3.8, 4) is 5.75 Å². The Morgan fingerprint density at radius 2 is 2.33 bits per heavy atom. The monoisotopic (exact) mass is 270 g/mol. The van der Waals surface area contributed by atoms with Gasteiger partial charge in [0.2, 0.25) is 0 Å². The molecule has 0 spiro atoms. The zero-order valence-corrected chi connectivity index (χ0v) is 10.5. The first-order valence-electron chi connectivity index (χ1n) is 5.20. The van der Waals surface area contributed by atoms with E-state index in [0.717, 1.165) is 22.2 Å². The molecule has 2 nitrogen and oxygen atoms in total. The van der Waals surface area contributed by atoms with E-state index in [9.17, 15) is 5.11 Å². The van der Waals surface area contributed by atoms with Crippen molar-refractivity contribution >= 4 is 15.9 Å². The molecule has 1 aliphatic rings. The van der Waals surface area contributed by atoms with Gasteiger partial charge in [-0.05, 0) is 25.5 Å². The first-order valence-corrected chi connectivity index (χ1v) is 6.00. The first-order chi connectivity index (χ1) is 7.04. The summed E-state index contributed by atoms with van der Waals surface area (Å²) >= 11 is 3.41. The summed E-state index contributed by atoms with van der Waals surface area (Å²) in [5.41, 5.74) is 0.650. The van der Waals surface area contributed by atoms with Gasteiger partial charge in [-0.15, -0.1) is 0 Å². The van der Waals surface area contributed by atoms with E-state index in [2.05, 4.69) is 22.9 Å². The first kappa shape index (κ1) is 11.0. The molecular weight excluding hydrogens is 256 g/mol. The molecule has 2 rings (SSSR count). The fourth-order valence-electron chi connectivity index (χ4n) is 1.91. The van der Waals surface area contributed by atoms with Gasteiger partial charge in [-0.1, -0.05) is 28.9 Å². The third-order valence-electron chi connectivity index (χ3n) is 3.06. The zero-order chi connectivity index (χ0) is 11.1. The maximum absolute atomic E-state index is 10.0. The third-order valence-corrected chi connectivity index (χ3v) is 3.56. The highest BCUT2D eigenvalue weighted by Crippen LogP contribution is 2.41. The maximum Gasteiger partial charge on any atom is 0.127 e. The van der Waals surface area contributed by atoms with Gasteiger partial charge in [0.25, 0.3) is 0 Å². The molecule has 0 aromatic heterocycles. The highest BCUT2D eigenvalue weighted by atomic mass is 79.9. The number of ether oxygens (including phenoxy) is 1. The Kier molecular flexibility index (Phi) is 2.77. The average molecular weight is 271 g/mol. The Hall–Kier alpha value is -0.540. The molecule has 1 heterocycles. The predicted octanol–water partition coefficient (Wildman–Crippen LogP) is 3.43. The molecule has 0 saturated carbocycles. The lowest BCUT2D eigenvalue weighted by molar-refractivity contribution is -0.00382. The highest BCUT2D eigenvalue weighted by molar-refractivity contribution is 9.10. The molecule has 1 aliphatic heterocycles. The van der Waals surface area contributed by atoms with Gasteiger partial charge in [-0.25, -0.2) is 0 Å². The number of hydrogen-bond donors (Lipinski definition) is 1. The Morgan fingerprint density at radius 3 is 3.00 bits per heavy atom. The smallest absolute Gasteiger partial charge is 0.127 e. The van der Waals surface area contributed by atoms with E-state index in [4.69, 9.17) is 4.74 Å². The van der Waals surface area contributed by atoms with E-state index in [-0.39, 0.29) is 5.60 Å². The quantitative estimate of drug-likeness (QED) is 0.847. The summed E-state index contributed by atoms with van der Waals surface area (Å²) in [4.78, 5) is 0. The molecule has 0 radical (unpaired) electrons.